The number of nitrogens with two attached hydrogens (primary N) is 1. The molecular weight excluding hydrogens is 287 g/mol. The molecule has 0 amide bonds. The van der Waals surface area contributed by atoms with Crippen LogP contribution in [0.15, 0.2) is 12.1 Å². The Kier molecular flexibility index (Phi) is 4.65. The molecule has 0 bridgehead atoms. The summed E-state index contributed by atoms with van der Waals surface area (Å²) in [6, 6.07) is 0.692. The van der Waals surface area contributed by atoms with Crippen LogP contribution in [0.2, 0.25) is 5.02 Å². The van der Waals surface area contributed by atoms with E-state index in [9.17, 15) is 18.0 Å². The third kappa shape index (κ3) is 3.74. The van der Waals surface area contributed by atoms with Crippen LogP contribution in [-0.2, 0) is 17.4 Å². The lowest BCUT2D eigenvalue weighted by Gasteiger charge is -2.16. The minimum Gasteiger partial charge on any atom is -0.495 e. The Morgan fingerprint density at radius 2 is 2.11 bits per heavy atom. The molecule has 0 spiro atoms. The fraction of sp³-hybridized carbons (Fsp3) is 0.364. The van der Waals surface area contributed by atoms with E-state index in [2.05, 4.69) is 4.74 Å². The van der Waals surface area contributed by atoms with E-state index in [4.69, 9.17) is 22.4 Å². The van der Waals surface area contributed by atoms with Gasteiger partial charge in [-0.25, -0.2) is 0 Å². The van der Waals surface area contributed by atoms with Gasteiger partial charge < -0.3 is 15.6 Å². The molecule has 3 N–H and O–H groups in total. The van der Waals surface area contributed by atoms with E-state index in [0.29, 0.717) is 0 Å². The van der Waals surface area contributed by atoms with Crippen molar-refractivity contribution in [3.05, 3.63) is 28.3 Å². The van der Waals surface area contributed by atoms with Crippen LogP contribution >= 0.6 is 11.6 Å². The second-order valence-corrected chi connectivity index (χ2v) is 4.21. The average Bonchev–Trinajstić information content (AvgIpc) is 2.26. The molecule has 0 fully saturated rings. The number of rotatable bonds is 4. The summed E-state index contributed by atoms with van der Waals surface area (Å²) < 4.78 is 43.0. The van der Waals surface area contributed by atoms with E-state index in [0.717, 1.165) is 13.2 Å². The van der Waals surface area contributed by atoms with Crippen LogP contribution in [0.25, 0.3) is 0 Å². The van der Waals surface area contributed by atoms with Gasteiger partial charge in [-0.15, -0.1) is 0 Å². The van der Waals surface area contributed by atoms with Crippen LogP contribution in [0.3, 0.4) is 0 Å². The summed E-state index contributed by atoms with van der Waals surface area (Å²) in [4.78, 5) is 10.6. The first kappa shape index (κ1) is 15.6. The lowest BCUT2D eigenvalue weighted by atomic mass is 10.0. The van der Waals surface area contributed by atoms with Crippen molar-refractivity contribution in [3.63, 3.8) is 0 Å². The van der Waals surface area contributed by atoms with Crippen LogP contribution in [0.4, 0.5) is 13.2 Å². The molecule has 1 atom stereocenters. The van der Waals surface area contributed by atoms with Crippen molar-refractivity contribution in [2.45, 2.75) is 18.6 Å². The number of carbonyl (C=O) groups is 1. The topological polar surface area (TPSA) is 72.5 Å². The highest BCUT2D eigenvalue weighted by atomic mass is 35.5. The molecule has 0 heterocycles. The third-order valence-corrected chi connectivity index (χ3v) is 2.67. The smallest absolute Gasteiger partial charge is 0.420 e. The summed E-state index contributed by atoms with van der Waals surface area (Å²) in [5, 5.41) is 8.39. The monoisotopic (exact) mass is 297 g/mol. The second kappa shape index (κ2) is 5.66. The molecule has 0 saturated heterocycles. The average molecular weight is 298 g/mol. The van der Waals surface area contributed by atoms with E-state index in [1.807, 2.05) is 0 Å². The van der Waals surface area contributed by atoms with E-state index in [-0.39, 0.29) is 17.0 Å². The van der Waals surface area contributed by atoms with Gasteiger partial charge in [-0.3, -0.25) is 4.79 Å². The summed E-state index contributed by atoms with van der Waals surface area (Å²) in [6.45, 7) is 0. The predicted octanol–water partition coefficient (Wildman–Crippen LogP) is 2.32. The number of alkyl halides is 3. The van der Waals surface area contributed by atoms with Crippen molar-refractivity contribution in [1.82, 2.24) is 0 Å². The lowest BCUT2D eigenvalue weighted by molar-refractivity contribution is -0.139. The van der Waals surface area contributed by atoms with Crippen molar-refractivity contribution in [3.8, 4) is 5.75 Å². The van der Waals surface area contributed by atoms with Gasteiger partial charge in [0.1, 0.15) is 11.8 Å². The molecule has 1 unspecified atom stereocenters. The Morgan fingerprint density at radius 1 is 1.53 bits per heavy atom. The maximum Gasteiger partial charge on any atom is 0.420 e. The Labute approximate surface area is 111 Å². The first-order chi connectivity index (χ1) is 8.66. The number of carboxylic acid groups (broad SMARTS) is 1. The number of aliphatic carboxylic acids is 1. The Hall–Kier alpha value is -1.47. The number of methoxy groups -OCH3 is 1. The molecule has 1 rings (SSSR count). The molecular formula is C11H11ClF3NO3. The molecule has 0 aliphatic carbocycles. The van der Waals surface area contributed by atoms with Crippen LogP contribution in [0, 0.1) is 0 Å². The summed E-state index contributed by atoms with van der Waals surface area (Å²) in [5.74, 6) is -1.80. The molecule has 106 valence electrons. The van der Waals surface area contributed by atoms with Crippen LogP contribution in [-0.4, -0.2) is 24.2 Å². The Morgan fingerprint density at radius 3 is 2.53 bits per heavy atom. The van der Waals surface area contributed by atoms with Gasteiger partial charge in [0.05, 0.1) is 17.7 Å². The zero-order valence-electron chi connectivity index (χ0n) is 9.79. The summed E-state index contributed by atoms with van der Waals surface area (Å²) in [5.41, 5.74) is 4.29. The maximum atomic E-state index is 12.8. The van der Waals surface area contributed by atoms with Gasteiger partial charge in [-0.2, -0.15) is 13.2 Å². The minimum atomic E-state index is -4.65. The highest BCUT2D eigenvalue weighted by molar-refractivity contribution is 6.32. The number of carboxylic acids is 1. The van der Waals surface area contributed by atoms with Gasteiger partial charge in [-0.1, -0.05) is 11.6 Å². The number of halogens is 4. The van der Waals surface area contributed by atoms with Gasteiger partial charge in [0.25, 0.3) is 0 Å². The van der Waals surface area contributed by atoms with Gasteiger partial charge in [0.2, 0.25) is 0 Å². The van der Waals surface area contributed by atoms with E-state index >= 15 is 0 Å². The minimum absolute atomic E-state index is 0.0769. The molecule has 1 aromatic rings. The highest BCUT2D eigenvalue weighted by Crippen LogP contribution is 2.41. The number of hydrogen-bond donors (Lipinski definition) is 2. The molecule has 0 aliphatic rings. The lowest BCUT2D eigenvalue weighted by Crippen LogP contribution is -2.32. The van der Waals surface area contributed by atoms with Gasteiger partial charge in [0.15, 0.2) is 0 Å². The quantitative estimate of drug-likeness (QED) is 0.894. The molecule has 4 nitrogen and oxygen atoms in total. The number of ether oxygens (including phenoxy) is 1. The van der Waals surface area contributed by atoms with Crippen LogP contribution in [0.1, 0.15) is 11.1 Å². The molecule has 19 heavy (non-hydrogen) atoms. The molecule has 0 saturated carbocycles. The third-order valence-electron chi connectivity index (χ3n) is 2.39. The van der Waals surface area contributed by atoms with Crippen molar-refractivity contribution in [2.24, 2.45) is 5.73 Å². The van der Waals surface area contributed by atoms with Gasteiger partial charge >= 0.3 is 12.1 Å². The summed E-state index contributed by atoms with van der Waals surface area (Å²) in [6.07, 6.45) is -4.92. The van der Waals surface area contributed by atoms with Crippen molar-refractivity contribution < 1.29 is 27.8 Å². The summed E-state index contributed by atoms with van der Waals surface area (Å²) in [7, 11) is 1.07. The van der Waals surface area contributed by atoms with Gasteiger partial charge in [0, 0.05) is 0 Å². The van der Waals surface area contributed by atoms with Crippen molar-refractivity contribution in [2.75, 3.05) is 7.11 Å². The first-order valence-electron chi connectivity index (χ1n) is 5.08. The second-order valence-electron chi connectivity index (χ2n) is 3.81. The van der Waals surface area contributed by atoms with E-state index in [1.165, 1.54) is 6.07 Å². The molecule has 0 radical (unpaired) electrons. The van der Waals surface area contributed by atoms with E-state index in [1.54, 1.807) is 0 Å². The molecule has 0 aliphatic heterocycles. The standard InChI is InChI=1S/C11H11ClF3NO3/c1-19-9-6(11(13,14)15)2-5(3-7(9)12)4-8(16)10(17)18/h2-3,8H,4,16H2,1H3,(H,17,18). The van der Waals surface area contributed by atoms with E-state index < -0.39 is 29.5 Å². The molecule has 8 heteroatoms. The Balaban J connectivity index is 3.24. The fourth-order valence-corrected chi connectivity index (χ4v) is 1.85. The number of benzene rings is 1. The highest BCUT2D eigenvalue weighted by Gasteiger charge is 2.36. The zero-order valence-corrected chi connectivity index (χ0v) is 10.5. The van der Waals surface area contributed by atoms with Crippen LogP contribution < -0.4 is 10.5 Å². The SMILES string of the molecule is COc1c(Cl)cc(CC(N)C(=O)O)cc1C(F)(F)F. The fourth-order valence-electron chi connectivity index (χ4n) is 1.53. The number of hydrogen-bond acceptors (Lipinski definition) is 3. The van der Waals surface area contributed by atoms with Crippen molar-refractivity contribution in [1.29, 1.82) is 0 Å². The van der Waals surface area contributed by atoms with Gasteiger partial charge in [-0.05, 0) is 24.1 Å². The van der Waals surface area contributed by atoms with Crippen LogP contribution in [0.5, 0.6) is 5.75 Å². The first-order valence-corrected chi connectivity index (χ1v) is 5.46. The molecule has 0 aromatic heterocycles. The Bertz CT molecular complexity index is 491. The maximum absolute atomic E-state index is 12.8. The predicted molar refractivity (Wildman–Crippen MR) is 62.3 cm³/mol. The molecule has 1 aromatic carbocycles. The largest absolute Gasteiger partial charge is 0.495 e. The normalized spacial score (nSPS) is 13.2. The zero-order chi connectivity index (χ0) is 14.8. The van der Waals surface area contributed by atoms with Crippen molar-refractivity contribution >= 4 is 17.6 Å². The summed E-state index contributed by atoms with van der Waals surface area (Å²) >= 11 is 5.69.